The highest BCUT2D eigenvalue weighted by molar-refractivity contribution is 7.98. The minimum atomic E-state index is 0.673. The van der Waals surface area contributed by atoms with Crippen molar-refractivity contribution in [3.8, 4) is 0 Å². The SMILES string of the molecule is CCCc1cc(N2CCC(Cc3nnc(SC)n3C)CC2)nc(C)n1. The molecule has 0 amide bonds. The maximum absolute atomic E-state index is 4.66. The molecule has 0 atom stereocenters. The first-order chi connectivity index (χ1) is 12.1. The van der Waals surface area contributed by atoms with E-state index in [0.717, 1.165) is 60.7 Å². The van der Waals surface area contributed by atoms with Crippen LogP contribution in [-0.2, 0) is 19.9 Å². The Morgan fingerprint density at radius 2 is 1.96 bits per heavy atom. The Hall–Kier alpha value is -1.63. The van der Waals surface area contributed by atoms with Crippen molar-refractivity contribution in [2.75, 3.05) is 24.2 Å². The van der Waals surface area contributed by atoms with Crippen molar-refractivity contribution in [3.63, 3.8) is 0 Å². The highest BCUT2D eigenvalue weighted by atomic mass is 32.2. The molecular formula is C18H28N6S. The maximum atomic E-state index is 4.66. The van der Waals surface area contributed by atoms with Crippen LogP contribution in [0.2, 0.25) is 0 Å². The van der Waals surface area contributed by atoms with Crippen molar-refractivity contribution in [2.45, 2.75) is 51.1 Å². The van der Waals surface area contributed by atoms with Crippen LogP contribution in [0.5, 0.6) is 0 Å². The van der Waals surface area contributed by atoms with Crippen LogP contribution in [0.25, 0.3) is 0 Å². The second-order valence-corrected chi connectivity index (χ2v) is 7.58. The Morgan fingerprint density at radius 1 is 1.20 bits per heavy atom. The van der Waals surface area contributed by atoms with Crippen molar-refractivity contribution >= 4 is 17.6 Å². The molecule has 0 unspecified atom stereocenters. The number of nitrogens with zero attached hydrogens (tertiary/aromatic N) is 6. The molecule has 0 aromatic carbocycles. The average molecular weight is 361 g/mol. The first kappa shape index (κ1) is 18.2. The Labute approximate surface area is 154 Å². The van der Waals surface area contributed by atoms with E-state index >= 15 is 0 Å². The third kappa shape index (κ3) is 4.32. The summed E-state index contributed by atoms with van der Waals surface area (Å²) in [6, 6.07) is 2.17. The molecule has 1 saturated heterocycles. The lowest BCUT2D eigenvalue weighted by molar-refractivity contribution is 0.391. The lowest BCUT2D eigenvalue weighted by Gasteiger charge is -2.33. The van der Waals surface area contributed by atoms with E-state index in [0.29, 0.717) is 5.92 Å². The van der Waals surface area contributed by atoms with Gasteiger partial charge in [0.2, 0.25) is 0 Å². The van der Waals surface area contributed by atoms with Gasteiger partial charge in [-0.1, -0.05) is 25.1 Å². The largest absolute Gasteiger partial charge is 0.356 e. The topological polar surface area (TPSA) is 59.7 Å². The first-order valence-electron chi connectivity index (χ1n) is 9.12. The van der Waals surface area contributed by atoms with Crippen molar-refractivity contribution in [1.29, 1.82) is 0 Å². The van der Waals surface area contributed by atoms with Gasteiger partial charge in [-0.25, -0.2) is 9.97 Å². The molecule has 1 aliphatic heterocycles. The Kier molecular flexibility index (Phi) is 5.93. The molecule has 0 bridgehead atoms. The van der Waals surface area contributed by atoms with Gasteiger partial charge < -0.3 is 9.47 Å². The second-order valence-electron chi connectivity index (χ2n) is 6.81. The predicted octanol–water partition coefficient (Wildman–Crippen LogP) is 3.05. The molecule has 3 rings (SSSR count). The normalized spacial score (nSPS) is 15.8. The van der Waals surface area contributed by atoms with Gasteiger partial charge in [0.15, 0.2) is 5.16 Å². The lowest BCUT2D eigenvalue weighted by Crippen LogP contribution is -2.35. The number of hydrogen-bond acceptors (Lipinski definition) is 6. The summed E-state index contributed by atoms with van der Waals surface area (Å²) in [4.78, 5) is 11.6. The van der Waals surface area contributed by atoms with Crippen LogP contribution >= 0.6 is 11.8 Å². The second kappa shape index (κ2) is 8.17. The molecule has 2 aromatic rings. The summed E-state index contributed by atoms with van der Waals surface area (Å²) in [5.41, 5.74) is 1.16. The van der Waals surface area contributed by atoms with Gasteiger partial charge in [0.25, 0.3) is 0 Å². The minimum absolute atomic E-state index is 0.673. The molecule has 3 heterocycles. The Balaban J connectivity index is 1.61. The molecule has 6 nitrogen and oxygen atoms in total. The number of thioether (sulfide) groups is 1. The number of rotatable bonds is 6. The smallest absolute Gasteiger partial charge is 0.190 e. The molecule has 0 N–H and O–H groups in total. The zero-order valence-electron chi connectivity index (χ0n) is 15.7. The molecule has 2 aromatic heterocycles. The first-order valence-corrected chi connectivity index (χ1v) is 10.3. The molecule has 7 heteroatoms. The fourth-order valence-electron chi connectivity index (χ4n) is 3.48. The van der Waals surface area contributed by atoms with E-state index in [1.54, 1.807) is 11.8 Å². The summed E-state index contributed by atoms with van der Waals surface area (Å²) in [7, 11) is 2.06. The Morgan fingerprint density at radius 3 is 2.60 bits per heavy atom. The van der Waals surface area contributed by atoms with Crippen molar-refractivity contribution in [1.82, 2.24) is 24.7 Å². The van der Waals surface area contributed by atoms with Gasteiger partial charge in [0, 0.05) is 38.3 Å². The quantitative estimate of drug-likeness (QED) is 0.738. The standard InChI is InChI=1S/C18H28N6S/c1-5-6-15-12-16(20-13(2)19-15)24-9-7-14(8-10-24)11-17-21-22-18(25-4)23(17)3/h12,14H,5-11H2,1-4H3. The van der Waals surface area contributed by atoms with Crippen LogP contribution in [0.15, 0.2) is 11.2 Å². The van der Waals surface area contributed by atoms with Crippen molar-refractivity contribution in [2.24, 2.45) is 13.0 Å². The molecular weight excluding hydrogens is 332 g/mol. The van der Waals surface area contributed by atoms with E-state index in [1.165, 1.54) is 12.8 Å². The van der Waals surface area contributed by atoms with Gasteiger partial charge in [-0.05, 0) is 38.4 Å². The van der Waals surface area contributed by atoms with Crippen LogP contribution in [-0.4, -0.2) is 44.1 Å². The van der Waals surface area contributed by atoms with Gasteiger partial charge >= 0.3 is 0 Å². The summed E-state index contributed by atoms with van der Waals surface area (Å²) in [5, 5.41) is 9.60. The average Bonchev–Trinajstić information content (AvgIpc) is 2.95. The van der Waals surface area contributed by atoms with Crippen LogP contribution in [0, 0.1) is 12.8 Å². The van der Waals surface area contributed by atoms with E-state index in [9.17, 15) is 0 Å². The van der Waals surface area contributed by atoms with Crippen molar-refractivity contribution < 1.29 is 0 Å². The Bertz CT molecular complexity index is 706. The number of anilines is 1. The summed E-state index contributed by atoms with van der Waals surface area (Å²) < 4.78 is 2.13. The summed E-state index contributed by atoms with van der Waals surface area (Å²) >= 11 is 1.65. The monoisotopic (exact) mass is 360 g/mol. The van der Waals surface area contributed by atoms with Gasteiger partial charge in [-0.2, -0.15) is 0 Å². The molecule has 1 aliphatic rings. The zero-order valence-corrected chi connectivity index (χ0v) is 16.5. The number of hydrogen-bond donors (Lipinski definition) is 0. The van der Waals surface area contributed by atoms with E-state index < -0.39 is 0 Å². The third-order valence-corrected chi connectivity index (χ3v) is 5.62. The van der Waals surface area contributed by atoms with Gasteiger partial charge in [-0.15, -0.1) is 10.2 Å². The highest BCUT2D eigenvalue weighted by Gasteiger charge is 2.23. The number of aromatic nitrogens is 5. The van der Waals surface area contributed by atoms with Crippen LogP contribution in [0.4, 0.5) is 5.82 Å². The fraction of sp³-hybridized carbons (Fsp3) is 0.667. The van der Waals surface area contributed by atoms with Gasteiger partial charge in [0.05, 0.1) is 0 Å². The number of piperidine rings is 1. The van der Waals surface area contributed by atoms with Crippen LogP contribution in [0.3, 0.4) is 0 Å². The van der Waals surface area contributed by atoms with Gasteiger partial charge in [0.1, 0.15) is 17.5 Å². The maximum Gasteiger partial charge on any atom is 0.190 e. The lowest BCUT2D eigenvalue weighted by atomic mass is 9.93. The van der Waals surface area contributed by atoms with E-state index in [4.69, 9.17) is 0 Å². The molecule has 25 heavy (non-hydrogen) atoms. The molecule has 136 valence electrons. The van der Waals surface area contributed by atoms with Crippen molar-refractivity contribution in [3.05, 3.63) is 23.4 Å². The molecule has 0 spiro atoms. The van der Waals surface area contributed by atoms with Gasteiger partial charge in [-0.3, -0.25) is 0 Å². The third-order valence-electron chi connectivity index (χ3n) is 4.90. The zero-order chi connectivity index (χ0) is 17.8. The van der Waals surface area contributed by atoms with Crippen LogP contribution < -0.4 is 4.90 Å². The molecule has 0 radical (unpaired) electrons. The molecule has 0 aliphatic carbocycles. The molecule has 1 fully saturated rings. The summed E-state index contributed by atoms with van der Waals surface area (Å²) in [6.45, 7) is 6.30. The predicted molar refractivity (Wildman–Crippen MR) is 102 cm³/mol. The highest BCUT2D eigenvalue weighted by Crippen LogP contribution is 2.25. The van der Waals surface area contributed by atoms with E-state index in [2.05, 4.69) is 49.7 Å². The number of aryl methyl sites for hydroxylation is 2. The minimum Gasteiger partial charge on any atom is -0.356 e. The summed E-state index contributed by atoms with van der Waals surface area (Å²) in [5.74, 6) is 3.75. The molecule has 0 saturated carbocycles. The van der Waals surface area contributed by atoms with Crippen LogP contribution in [0.1, 0.15) is 43.5 Å². The van der Waals surface area contributed by atoms with E-state index in [-0.39, 0.29) is 0 Å². The fourth-order valence-corrected chi connectivity index (χ4v) is 3.99. The summed E-state index contributed by atoms with van der Waals surface area (Å²) in [6.07, 6.45) is 7.55. The van der Waals surface area contributed by atoms with E-state index in [1.807, 2.05) is 13.2 Å².